The number of hydrogen-bond donors (Lipinski definition) is 2. The van der Waals surface area contributed by atoms with E-state index in [4.69, 9.17) is 4.74 Å². The van der Waals surface area contributed by atoms with E-state index in [1.807, 2.05) is 12.1 Å². The monoisotopic (exact) mass is 359 g/mol. The molecule has 2 rings (SSSR count). The number of rotatable bonds is 4. The Morgan fingerprint density at radius 2 is 2.30 bits per heavy atom. The molecule has 3 nitrogen and oxygen atoms in total. The molecule has 1 aromatic rings. The second-order valence-corrected chi connectivity index (χ2v) is 7.45. The Kier molecular flexibility index (Phi) is 5.26. The summed E-state index contributed by atoms with van der Waals surface area (Å²) in [7, 11) is 1.67. The van der Waals surface area contributed by atoms with Crippen LogP contribution in [-0.2, 0) is 0 Å². The van der Waals surface area contributed by atoms with Gasteiger partial charge in [0.05, 0.1) is 17.3 Å². The highest BCUT2D eigenvalue weighted by Gasteiger charge is 2.35. The fraction of sp³-hybridized carbons (Fsp3) is 0.600. The quantitative estimate of drug-likeness (QED) is 0.830. The van der Waals surface area contributed by atoms with Crippen molar-refractivity contribution in [3.8, 4) is 5.75 Å². The van der Waals surface area contributed by atoms with Gasteiger partial charge >= 0.3 is 0 Å². The largest absolute Gasteiger partial charge is 0.496 e. The summed E-state index contributed by atoms with van der Waals surface area (Å²) < 4.78 is 6.24. The number of fused-ring (bicyclic) bond motifs is 1. The third-order valence-electron chi connectivity index (χ3n) is 3.87. The molecule has 0 amide bonds. The number of halogens is 1. The molecular formula is C15H22BrNO2S. The van der Waals surface area contributed by atoms with Gasteiger partial charge in [0.15, 0.2) is 0 Å². The molecule has 0 spiro atoms. The molecule has 2 atom stereocenters. The molecule has 20 heavy (non-hydrogen) atoms. The van der Waals surface area contributed by atoms with E-state index in [0.717, 1.165) is 45.8 Å². The van der Waals surface area contributed by atoms with Crippen LogP contribution >= 0.6 is 27.7 Å². The molecule has 2 unspecified atom stereocenters. The Labute approximate surface area is 133 Å². The molecule has 2 N–H and O–H groups in total. The van der Waals surface area contributed by atoms with Crippen molar-refractivity contribution in [2.24, 2.45) is 5.41 Å². The summed E-state index contributed by atoms with van der Waals surface area (Å²) in [6.45, 7) is 4.34. The van der Waals surface area contributed by atoms with Gasteiger partial charge < -0.3 is 15.2 Å². The van der Waals surface area contributed by atoms with Crippen LogP contribution in [-0.4, -0.2) is 24.2 Å². The highest BCUT2D eigenvalue weighted by atomic mass is 79.9. The van der Waals surface area contributed by atoms with Gasteiger partial charge in [-0.05, 0) is 34.5 Å². The lowest BCUT2D eigenvalue weighted by atomic mass is 9.85. The van der Waals surface area contributed by atoms with E-state index >= 15 is 0 Å². The van der Waals surface area contributed by atoms with Gasteiger partial charge in [0.2, 0.25) is 0 Å². The van der Waals surface area contributed by atoms with Crippen molar-refractivity contribution in [1.82, 2.24) is 0 Å². The first-order chi connectivity index (χ1) is 9.50. The molecule has 0 saturated heterocycles. The number of nitrogens with one attached hydrogen (secondary N) is 1. The van der Waals surface area contributed by atoms with Gasteiger partial charge in [0.1, 0.15) is 12.0 Å². The number of benzene rings is 1. The highest BCUT2D eigenvalue weighted by Crippen LogP contribution is 2.44. The normalized spacial score (nSPS) is 25.6. The van der Waals surface area contributed by atoms with Gasteiger partial charge in [-0.25, -0.2) is 0 Å². The second kappa shape index (κ2) is 6.58. The first kappa shape index (κ1) is 16.0. The summed E-state index contributed by atoms with van der Waals surface area (Å²) in [5, 5.41) is 13.8. The molecule has 0 fully saturated rings. The molecule has 0 aromatic heterocycles. The van der Waals surface area contributed by atoms with Crippen molar-refractivity contribution in [2.45, 2.75) is 44.2 Å². The summed E-state index contributed by atoms with van der Waals surface area (Å²) in [5.74, 6) is 1.73. The molecule has 0 bridgehead atoms. The molecule has 112 valence electrons. The van der Waals surface area contributed by atoms with Crippen molar-refractivity contribution in [2.75, 3.05) is 18.2 Å². The van der Waals surface area contributed by atoms with Crippen molar-refractivity contribution in [3.05, 3.63) is 16.6 Å². The van der Waals surface area contributed by atoms with Crippen LogP contribution < -0.4 is 10.1 Å². The van der Waals surface area contributed by atoms with Crippen LogP contribution in [0.25, 0.3) is 0 Å². The molecule has 1 aliphatic rings. The molecule has 5 heteroatoms. The lowest BCUT2D eigenvalue weighted by Crippen LogP contribution is -2.39. The standard InChI is InChI=1S/C15H22BrNO2S/c1-4-5-6-15(2)9-20-13-8-12(19-3)10(16)7-11(13)17-14(15)18/h7-8,14,17-18H,4-6,9H2,1-3H3. The van der Waals surface area contributed by atoms with Crippen molar-refractivity contribution < 1.29 is 9.84 Å². The second-order valence-electron chi connectivity index (χ2n) is 5.58. The Morgan fingerprint density at radius 1 is 1.55 bits per heavy atom. The minimum atomic E-state index is -0.525. The molecule has 1 aromatic carbocycles. The number of aliphatic hydroxyl groups excluding tert-OH is 1. The Hall–Kier alpha value is -0.390. The van der Waals surface area contributed by atoms with Crippen LogP contribution in [0, 0.1) is 5.41 Å². The van der Waals surface area contributed by atoms with Gasteiger partial charge in [0.25, 0.3) is 0 Å². The van der Waals surface area contributed by atoms with Crippen LogP contribution in [0.15, 0.2) is 21.5 Å². The fourth-order valence-electron chi connectivity index (χ4n) is 2.36. The van der Waals surface area contributed by atoms with E-state index in [-0.39, 0.29) is 5.41 Å². The maximum Gasteiger partial charge on any atom is 0.134 e. The van der Waals surface area contributed by atoms with Gasteiger partial charge in [-0.15, -0.1) is 11.8 Å². The number of thioether (sulfide) groups is 1. The number of aliphatic hydroxyl groups is 1. The minimum absolute atomic E-state index is 0.112. The third-order valence-corrected chi connectivity index (χ3v) is 5.94. The Morgan fingerprint density at radius 3 is 2.95 bits per heavy atom. The maximum absolute atomic E-state index is 10.5. The van der Waals surface area contributed by atoms with Crippen LogP contribution in [0.1, 0.15) is 33.1 Å². The zero-order chi connectivity index (χ0) is 14.8. The van der Waals surface area contributed by atoms with Gasteiger partial charge in [-0.2, -0.15) is 0 Å². The molecule has 1 aliphatic heterocycles. The van der Waals surface area contributed by atoms with Crippen LogP contribution in [0.5, 0.6) is 5.75 Å². The maximum atomic E-state index is 10.5. The number of methoxy groups -OCH3 is 1. The lowest BCUT2D eigenvalue weighted by Gasteiger charge is -2.33. The van der Waals surface area contributed by atoms with Gasteiger partial charge in [0, 0.05) is 16.1 Å². The first-order valence-corrected chi connectivity index (χ1v) is 8.73. The number of unbranched alkanes of at least 4 members (excludes halogenated alkanes) is 1. The van der Waals surface area contributed by atoms with E-state index in [2.05, 4.69) is 35.1 Å². The molecule has 0 radical (unpaired) electrons. The topological polar surface area (TPSA) is 41.5 Å². The van der Waals surface area contributed by atoms with E-state index in [1.165, 1.54) is 0 Å². The van der Waals surface area contributed by atoms with Crippen molar-refractivity contribution in [3.63, 3.8) is 0 Å². The third kappa shape index (κ3) is 3.26. The van der Waals surface area contributed by atoms with Gasteiger partial charge in [-0.3, -0.25) is 0 Å². The zero-order valence-corrected chi connectivity index (χ0v) is 14.6. The number of anilines is 1. The summed E-state index contributed by atoms with van der Waals surface area (Å²) in [4.78, 5) is 1.13. The average molecular weight is 360 g/mol. The SMILES string of the molecule is CCCCC1(C)CSc2cc(OC)c(Br)cc2NC1O. The Bertz CT molecular complexity index is 483. The predicted molar refractivity (Wildman–Crippen MR) is 88.7 cm³/mol. The predicted octanol–water partition coefficient (Wildman–Crippen LogP) is 4.49. The van der Waals surface area contributed by atoms with Crippen LogP contribution in [0.2, 0.25) is 0 Å². The van der Waals surface area contributed by atoms with Crippen molar-refractivity contribution in [1.29, 1.82) is 0 Å². The molecular weight excluding hydrogens is 338 g/mol. The van der Waals surface area contributed by atoms with Crippen LogP contribution in [0.3, 0.4) is 0 Å². The number of hydrogen-bond acceptors (Lipinski definition) is 4. The smallest absolute Gasteiger partial charge is 0.134 e. The van der Waals surface area contributed by atoms with E-state index < -0.39 is 6.23 Å². The van der Waals surface area contributed by atoms with E-state index in [0.29, 0.717) is 0 Å². The van der Waals surface area contributed by atoms with E-state index in [9.17, 15) is 5.11 Å². The summed E-state index contributed by atoms with van der Waals surface area (Å²) in [6, 6.07) is 4.01. The number of ether oxygens (including phenoxy) is 1. The average Bonchev–Trinajstić information content (AvgIpc) is 2.54. The van der Waals surface area contributed by atoms with Crippen LogP contribution in [0.4, 0.5) is 5.69 Å². The molecule has 0 aliphatic carbocycles. The van der Waals surface area contributed by atoms with E-state index in [1.54, 1.807) is 18.9 Å². The summed E-state index contributed by atoms with van der Waals surface area (Å²) in [5.41, 5.74) is 0.856. The minimum Gasteiger partial charge on any atom is -0.496 e. The fourth-order valence-corrected chi connectivity index (χ4v) is 4.11. The Balaban J connectivity index is 2.26. The van der Waals surface area contributed by atoms with Gasteiger partial charge in [-0.1, -0.05) is 26.7 Å². The first-order valence-electron chi connectivity index (χ1n) is 6.95. The highest BCUT2D eigenvalue weighted by molar-refractivity contribution is 9.10. The summed E-state index contributed by atoms with van der Waals surface area (Å²) >= 11 is 5.28. The lowest BCUT2D eigenvalue weighted by molar-refractivity contribution is 0.0699. The summed E-state index contributed by atoms with van der Waals surface area (Å²) in [6.07, 6.45) is 2.79. The molecule has 1 heterocycles. The zero-order valence-electron chi connectivity index (χ0n) is 12.2. The molecule has 0 saturated carbocycles. The van der Waals surface area contributed by atoms with Crippen molar-refractivity contribution >= 4 is 33.4 Å².